The zero-order valence-corrected chi connectivity index (χ0v) is 13.8. The molecular weight excluding hydrogens is 302 g/mol. The molecule has 2 aromatic heterocycles. The van der Waals surface area contributed by atoms with Crippen LogP contribution in [-0.2, 0) is 0 Å². The summed E-state index contributed by atoms with van der Waals surface area (Å²) in [6, 6.07) is 0.773. The van der Waals surface area contributed by atoms with Gasteiger partial charge in [-0.2, -0.15) is 0 Å². The molecule has 0 spiro atoms. The highest BCUT2D eigenvalue weighted by Gasteiger charge is 2.43. The number of hydrogen-bond donors (Lipinski definition) is 0. The molecule has 126 valence electrons. The number of piperazine rings is 1. The van der Waals surface area contributed by atoms with Crippen molar-refractivity contribution in [3.05, 3.63) is 30.5 Å². The lowest BCUT2D eigenvalue weighted by Gasteiger charge is -2.40. The van der Waals surface area contributed by atoms with Gasteiger partial charge in [-0.15, -0.1) is 0 Å². The van der Waals surface area contributed by atoms with Gasteiger partial charge in [0.05, 0.1) is 0 Å². The largest absolute Gasteiger partial charge is 0.335 e. The first kappa shape index (κ1) is 14.4. The van der Waals surface area contributed by atoms with Crippen molar-refractivity contribution < 1.29 is 4.79 Å². The average molecular weight is 325 g/mol. The van der Waals surface area contributed by atoms with E-state index in [-0.39, 0.29) is 5.91 Å². The molecule has 0 aromatic carbocycles. The van der Waals surface area contributed by atoms with Crippen LogP contribution < -0.4 is 0 Å². The van der Waals surface area contributed by atoms with Gasteiger partial charge in [0.1, 0.15) is 0 Å². The van der Waals surface area contributed by atoms with E-state index in [9.17, 15) is 4.79 Å². The maximum absolute atomic E-state index is 12.9. The number of amides is 1. The number of nitrogens with zero attached hydrogens (tertiary/aromatic N) is 5. The van der Waals surface area contributed by atoms with Crippen LogP contribution in [0.1, 0.15) is 36.2 Å². The third-order valence-corrected chi connectivity index (χ3v) is 6.29. The van der Waals surface area contributed by atoms with Gasteiger partial charge in [0, 0.05) is 57.0 Å². The number of fused-ring (bicyclic) bond motifs is 3. The van der Waals surface area contributed by atoms with Gasteiger partial charge in [0.2, 0.25) is 0 Å². The number of carbonyl (C=O) groups is 1. The maximum Gasteiger partial charge on any atom is 0.276 e. The van der Waals surface area contributed by atoms with Crippen molar-refractivity contribution in [3.63, 3.8) is 0 Å². The quantitative estimate of drug-likeness (QED) is 0.843. The summed E-state index contributed by atoms with van der Waals surface area (Å²) in [5.74, 6) is 1.90. The van der Waals surface area contributed by atoms with E-state index in [1.54, 1.807) is 12.4 Å². The minimum absolute atomic E-state index is 0.0133. The first-order valence-electron chi connectivity index (χ1n) is 9.10. The SMILES string of the molecule is O=C(c1nccn2ccnc12)N1CCN([C@H]2C[C@@H]3CC[C@@H]2C3)CC1. The third-order valence-electron chi connectivity index (χ3n) is 6.29. The zero-order chi connectivity index (χ0) is 16.1. The summed E-state index contributed by atoms with van der Waals surface area (Å²) >= 11 is 0. The molecule has 2 aromatic rings. The molecule has 0 N–H and O–H groups in total. The molecule has 1 aliphatic heterocycles. The molecule has 2 aliphatic carbocycles. The molecule has 3 atom stereocenters. The van der Waals surface area contributed by atoms with E-state index in [1.165, 1.54) is 25.7 Å². The Morgan fingerprint density at radius 3 is 2.50 bits per heavy atom. The van der Waals surface area contributed by atoms with Gasteiger partial charge in [-0.1, -0.05) is 6.42 Å². The van der Waals surface area contributed by atoms with Crippen LogP contribution in [0.5, 0.6) is 0 Å². The van der Waals surface area contributed by atoms with Crippen LogP contribution in [0, 0.1) is 11.8 Å². The Morgan fingerprint density at radius 1 is 1.00 bits per heavy atom. The predicted octanol–water partition coefficient (Wildman–Crippen LogP) is 1.68. The van der Waals surface area contributed by atoms with E-state index >= 15 is 0 Å². The second-order valence-electron chi connectivity index (χ2n) is 7.50. The van der Waals surface area contributed by atoms with Crippen molar-refractivity contribution in [1.82, 2.24) is 24.2 Å². The van der Waals surface area contributed by atoms with Gasteiger partial charge in [0.15, 0.2) is 11.3 Å². The average Bonchev–Trinajstić information content (AvgIpc) is 3.36. The minimum atomic E-state index is 0.0133. The Morgan fingerprint density at radius 2 is 1.79 bits per heavy atom. The Hall–Kier alpha value is -1.95. The molecule has 1 amide bonds. The Bertz CT molecular complexity index is 764. The molecule has 6 heteroatoms. The highest BCUT2D eigenvalue weighted by Crippen LogP contribution is 2.46. The molecule has 3 heterocycles. The number of rotatable bonds is 2. The molecule has 0 radical (unpaired) electrons. The van der Waals surface area contributed by atoms with Crippen LogP contribution >= 0.6 is 0 Å². The molecule has 3 aliphatic rings. The van der Waals surface area contributed by atoms with E-state index < -0.39 is 0 Å². The van der Waals surface area contributed by atoms with E-state index in [0.717, 1.165) is 44.1 Å². The summed E-state index contributed by atoms with van der Waals surface area (Å²) in [5.41, 5.74) is 1.12. The molecule has 3 fully saturated rings. The van der Waals surface area contributed by atoms with Crippen molar-refractivity contribution in [2.75, 3.05) is 26.2 Å². The van der Waals surface area contributed by atoms with Crippen LogP contribution in [0.2, 0.25) is 0 Å². The summed E-state index contributed by atoms with van der Waals surface area (Å²) in [6.07, 6.45) is 12.7. The fraction of sp³-hybridized carbons (Fsp3) is 0.611. The van der Waals surface area contributed by atoms with Gasteiger partial charge >= 0.3 is 0 Å². The number of carbonyl (C=O) groups excluding carboxylic acids is 1. The van der Waals surface area contributed by atoms with Crippen LogP contribution in [0.15, 0.2) is 24.8 Å². The fourth-order valence-corrected chi connectivity index (χ4v) is 5.07. The Balaban J connectivity index is 1.28. The van der Waals surface area contributed by atoms with Crippen LogP contribution in [0.4, 0.5) is 0 Å². The van der Waals surface area contributed by atoms with Gasteiger partial charge in [0.25, 0.3) is 5.91 Å². The van der Waals surface area contributed by atoms with Crippen molar-refractivity contribution in [3.8, 4) is 0 Å². The molecule has 2 bridgehead atoms. The lowest BCUT2D eigenvalue weighted by molar-refractivity contribution is 0.0492. The summed E-state index contributed by atoms with van der Waals surface area (Å²) in [6.45, 7) is 3.60. The molecule has 0 unspecified atom stereocenters. The summed E-state index contributed by atoms with van der Waals surface area (Å²) in [4.78, 5) is 26.0. The third kappa shape index (κ3) is 2.24. The highest BCUT2D eigenvalue weighted by atomic mass is 16.2. The lowest BCUT2D eigenvalue weighted by atomic mass is 9.93. The van der Waals surface area contributed by atoms with Gasteiger partial charge in [-0.3, -0.25) is 9.69 Å². The van der Waals surface area contributed by atoms with Crippen LogP contribution in [0.25, 0.3) is 5.65 Å². The lowest BCUT2D eigenvalue weighted by Crippen LogP contribution is -2.53. The predicted molar refractivity (Wildman–Crippen MR) is 89.7 cm³/mol. The zero-order valence-electron chi connectivity index (χ0n) is 13.8. The van der Waals surface area contributed by atoms with Crippen LogP contribution in [0.3, 0.4) is 0 Å². The van der Waals surface area contributed by atoms with Gasteiger partial charge in [-0.05, 0) is 31.1 Å². The van der Waals surface area contributed by atoms with E-state index in [0.29, 0.717) is 11.3 Å². The van der Waals surface area contributed by atoms with E-state index in [2.05, 4.69) is 14.9 Å². The smallest absolute Gasteiger partial charge is 0.276 e. The number of imidazole rings is 1. The number of hydrogen-bond acceptors (Lipinski definition) is 4. The van der Waals surface area contributed by atoms with Gasteiger partial charge in [-0.25, -0.2) is 9.97 Å². The summed E-state index contributed by atoms with van der Waals surface area (Å²) in [7, 11) is 0. The fourth-order valence-electron chi connectivity index (χ4n) is 5.07. The van der Waals surface area contributed by atoms with Crippen molar-refractivity contribution in [2.45, 2.75) is 31.7 Å². The molecule has 1 saturated heterocycles. The van der Waals surface area contributed by atoms with E-state index in [4.69, 9.17) is 0 Å². The summed E-state index contributed by atoms with van der Waals surface area (Å²) in [5, 5.41) is 0. The second kappa shape index (κ2) is 5.55. The van der Waals surface area contributed by atoms with Crippen molar-refractivity contribution >= 4 is 11.6 Å². The first-order valence-corrected chi connectivity index (χ1v) is 9.10. The standard InChI is InChI=1S/C18H23N5O/c24-18(16-17-20-4-6-22(17)5-3-19-16)23-9-7-21(8-10-23)15-12-13-1-2-14(15)11-13/h3-6,13-15H,1-2,7-12H2/t13-,14-,15+/m1/s1. The van der Waals surface area contributed by atoms with E-state index in [1.807, 2.05) is 21.7 Å². The summed E-state index contributed by atoms with van der Waals surface area (Å²) < 4.78 is 1.85. The molecule has 5 rings (SSSR count). The highest BCUT2D eigenvalue weighted by molar-refractivity contribution is 5.97. The first-order chi connectivity index (χ1) is 11.8. The minimum Gasteiger partial charge on any atom is -0.335 e. The molecule has 6 nitrogen and oxygen atoms in total. The molecule has 2 saturated carbocycles. The maximum atomic E-state index is 12.9. The van der Waals surface area contributed by atoms with Gasteiger partial charge < -0.3 is 9.30 Å². The Labute approximate surface area is 141 Å². The number of aromatic nitrogens is 3. The topological polar surface area (TPSA) is 53.7 Å². The van der Waals surface area contributed by atoms with Crippen molar-refractivity contribution in [2.24, 2.45) is 11.8 Å². The molecule has 24 heavy (non-hydrogen) atoms. The Kier molecular flexibility index (Phi) is 3.33. The second-order valence-corrected chi connectivity index (χ2v) is 7.50. The molecular formula is C18H23N5O. The van der Waals surface area contributed by atoms with Crippen LogP contribution in [-0.4, -0.2) is 62.3 Å². The monoisotopic (exact) mass is 325 g/mol. The normalized spacial score (nSPS) is 30.3. The van der Waals surface area contributed by atoms with Crippen molar-refractivity contribution in [1.29, 1.82) is 0 Å².